The quantitative estimate of drug-likeness (QED) is 0.630. The molecule has 170 valence electrons. The van der Waals surface area contributed by atoms with Crippen LogP contribution in [0.5, 0.6) is 0 Å². The number of fused-ring (bicyclic) bond motifs is 1. The average molecular weight is 453 g/mol. The summed E-state index contributed by atoms with van der Waals surface area (Å²) in [6.45, 7) is 1.52. The lowest BCUT2D eigenvalue weighted by Crippen LogP contribution is -2.51. The Labute approximate surface area is 197 Å². The second kappa shape index (κ2) is 9.03. The molecular formula is C27H24N4O3. The molecule has 3 aromatic carbocycles. The van der Waals surface area contributed by atoms with Crippen molar-refractivity contribution in [3.8, 4) is 0 Å². The van der Waals surface area contributed by atoms with Crippen LogP contribution in [0.4, 0.5) is 21.9 Å². The number of nitrogens with two attached hydrogens (primary N) is 1. The highest BCUT2D eigenvalue weighted by atomic mass is 16.2. The smallest absolute Gasteiger partial charge is 0.323 e. The molecule has 1 fully saturated rings. The molecule has 1 unspecified atom stereocenters. The molecule has 7 nitrogen and oxygen atoms in total. The summed E-state index contributed by atoms with van der Waals surface area (Å²) >= 11 is 0. The molecule has 2 N–H and O–H groups in total. The molecule has 34 heavy (non-hydrogen) atoms. The van der Waals surface area contributed by atoms with Gasteiger partial charge in [0, 0.05) is 11.1 Å². The zero-order valence-electron chi connectivity index (χ0n) is 18.6. The zero-order chi connectivity index (χ0) is 23.7. The van der Waals surface area contributed by atoms with E-state index in [-0.39, 0.29) is 17.3 Å². The Morgan fingerprint density at radius 3 is 2.06 bits per heavy atom. The fourth-order valence-corrected chi connectivity index (χ4v) is 4.68. The molecule has 1 heterocycles. The predicted molar refractivity (Wildman–Crippen MR) is 131 cm³/mol. The highest BCUT2D eigenvalue weighted by Gasteiger charge is 2.42. The predicted octanol–water partition coefficient (Wildman–Crippen LogP) is 4.52. The van der Waals surface area contributed by atoms with E-state index in [1.807, 2.05) is 23.1 Å². The third-order valence-corrected chi connectivity index (χ3v) is 6.28. The van der Waals surface area contributed by atoms with Gasteiger partial charge in [0.05, 0.1) is 17.1 Å². The maximum atomic E-state index is 13.4. The number of primary amides is 1. The van der Waals surface area contributed by atoms with Crippen LogP contribution in [0, 0.1) is 0 Å². The Balaban J connectivity index is 1.53. The second-order valence-electron chi connectivity index (χ2n) is 8.41. The van der Waals surface area contributed by atoms with Crippen LogP contribution < -0.4 is 10.6 Å². The van der Waals surface area contributed by atoms with Gasteiger partial charge in [-0.1, -0.05) is 42.5 Å². The van der Waals surface area contributed by atoms with E-state index in [2.05, 4.69) is 4.99 Å². The normalized spacial score (nSPS) is 19.3. The molecule has 0 aromatic heterocycles. The van der Waals surface area contributed by atoms with Crippen LogP contribution in [0.2, 0.25) is 0 Å². The Bertz CT molecular complexity index is 1280. The molecule has 1 aliphatic heterocycles. The molecule has 5 rings (SSSR count). The van der Waals surface area contributed by atoms with Gasteiger partial charge in [-0.2, -0.15) is 0 Å². The van der Waals surface area contributed by atoms with Crippen LogP contribution in [-0.4, -0.2) is 47.3 Å². The summed E-state index contributed by atoms with van der Waals surface area (Å²) in [4.78, 5) is 47.0. The monoisotopic (exact) mass is 452 g/mol. The molecule has 0 spiro atoms. The highest BCUT2D eigenvalue weighted by Crippen LogP contribution is 2.30. The minimum absolute atomic E-state index is 0.0866. The SMILES string of the molecule is NC(=O)N(c1ccccc1)c1ccc(N=C2C(=O)c3ccccc3C(=O)C2N2CCCC2)cc1. The number of hydrogen-bond donors (Lipinski definition) is 1. The summed E-state index contributed by atoms with van der Waals surface area (Å²) in [5, 5.41) is 0. The van der Waals surface area contributed by atoms with Gasteiger partial charge in [0.1, 0.15) is 11.8 Å². The van der Waals surface area contributed by atoms with Crippen molar-refractivity contribution in [3.05, 3.63) is 90.0 Å². The standard InChI is InChI=1S/C27H24N4O3/c28-27(34)31(19-8-2-1-3-9-19)20-14-12-18(13-15-20)29-23-24(30-16-6-7-17-30)26(33)22-11-5-4-10-21(22)25(23)32/h1-5,8-15,24H,6-7,16-17H2,(H2,28,34). The van der Waals surface area contributed by atoms with Gasteiger partial charge in [0.2, 0.25) is 5.78 Å². The second-order valence-corrected chi connectivity index (χ2v) is 8.41. The number of Topliss-reactive ketones (excluding diaryl/α,β-unsaturated/α-hetero) is 2. The number of carbonyl (C=O) groups is 3. The maximum Gasteiger partial charge on any atom is 0.323 e. The van der Waals surface area contributed by atoms with Crippen molar-refractivity contribution in [2.75, 3.05) is 18.0 Å². The van der Waals surface area contributed by atoms with E-state index in [4.69, 9.17) is 5.73 Å². The largest absolute Gasteiger partial charge is 0.351 e. The molecule has 0 saturated carbocycles. The van der Waals surface area contributed by atoms with Crippen molar-refractivity contribution < 1.29 is 14.4 Å². The number of para-hydroxylation sites is 1. The number of nitrogens with zero attached hydrogens (tertiary/aromatic N) is 3. The van der Waals surface area contributed by atoms with Gasteiger partial charge < -0.3 is 5.73 Å². The van der Waals surface area contributed by atoms with E-state index in [0.29, 0.717) is 28.2 Å². The maximum absolute atomic E-state index is 13.4. The van der Waals surface area contributed by atoms with Crippen LogP contribution in [0.3, 0.4) is 0 Å². The van der Waals surface area contributed by atoms with E-state index in [1.165, 1.54) is 4.90 Å². The number of amides is 2. The number of anilines is 2. The summed E-state index contributed by atoms with van der Waals surface area (Å²) in [6, 6.07) is 21.6. The van der Waals surface area contributed by atoms with Gasteiger partial charge in [-0.05, 0) is 62.3 Å². The number of carbonyl (C=O) groups excluding carboxylic acids is 3. The molecule has 1 atom stereocenters. The van der Waals surface area contributed by atoms with Crippen molar-refractivity contribution in [1.82, 2.24) is 4.90 Å². The van der Waals surface area contributed by atoms with Gasteiger partial charge >= 0.3 is 6.03 Å². The van der Waals surface area contributed by atoms with Crippen molar-refractivity contribution in [2.24, 2.45) is 10.7 Å². The number of urea groups is 1. The molecule has 7 heteroatoms. The van der Waals surface area contributed by atoms with Crippen molar-refractivity contribution in [3.63, 3.8) is 0 Å². The van der Waals surface area contributed by atoms with Crippen LogP contribution in [0.25, 0.3) is 0 Å². The summed E-state index contributed by atoms with van der Waals surface area (Å²) in [5.74, 6) is -0.310. The topological polar surface area (TPSA) is 96.1 Å². The van der Waals surface area contributed by atoms with E-state index < -0.39 is 12.1 Å². The molecule has 3 aromatic rings. The average Bonchev–Trinajstić information content (AvgIpc) is 3.39. The molecule has 0 radical (unpaired) electrons. The van der Waals surface area contributed by atoms with E-state index >= 15 is 0 Å². The molecule has 2 aliphatic rings. The van der Waals surface area contributed by atoms with E-state index in [1.54, 1.807) is 60.7 Å². The minimum Gasteiger partial charge on any atom is -0.351 e. The minimum atomic E-state index is -0.684. The lowest BCUT2D eigenvalue weighted by atomic mass is 9.83. The Morgan fingerprint density at radius 1 is 0.824 bits per heavy atom. The lowest BCUT2D eigenvalue weighted by molar-refractivity contribution is 0.0873. The lowest BCUT2D eigenvalue weighted by Gasteiger charge is -2.31. The highest BCUT2D eigenvalue weighted by molar-refractivity contribution is 6.55. The Hall–Kier alpha value is -4.10. The van der Waals surface area contributed by atoms with Crippen molar-refractivity contribution >= 4 is 40.4 Å². The number of aliphatic imine (C=N–C) groups is 1. The molecule has 2 amide bonds. The summed E-state index contributed by atoms with van der Waals surface area (Å²) in [7, 11) is 0. The van der Waals surface area contributed by atoms with Gasteiger partial charge in [-0.25, -0.2) is 9.79 Å². The van der Waals surface area contributed by atoms with Crippen LogP contribution in [0.15, 0.2) is 83.9 Å². The van der Waals surface area contributed by atoms with Crippen LogP contribution in [0.1, 0.15) is 33.6 Å². The molecule has 0 bridgehead atoms. The van der Waals surface area contributed by atoms with Crippen molar-refractivity contribution in [1.29, 1.82) is 0 Å². The summed E-state index contributed by atoms with van der Waals surface area (Å²) in [6.07, 6.45) is 1.98. The van der Waals surface area contributed by atoms with Gasteiger partial charge in [-0.15, -0.1) is 0 Å². The molecule has 1 aliphatic carbocycles. The molecule has 1 saturated heterocycles. The Morgan fingerprint density at radius 2 is 1.41 bits per heavy atom. The van der Waals surface area contributed by atoms with E-state index in [9.17, 15) is 14.4 Å². The first-order chi connectivity index (χ1) is 16.5. The third-order valence-electron chi connectivity index (χ3n) is 6.28. The van der Waals surface area contributed by atoms with Gasteiger partial charge in [-0.3, -0.25) is 19.4 Å². The fraction of sp³-hybridized carbons (Fsp3) is 0.185. The Kier molecular flexibility index (Phi) is 5.77. The zero-order valence-corrected chi connectivity index (χ0v) is 18.6. The first-order valence-corrected chi connectivity index (χ1v) is 11.3. The summed E-state index contributed by atoms with van der Waals surface area (Å²) in [5.41, 5.74) is 8.47. The molecular weight excluding hydrogens is 428 g/mol. The number of ketones is 2. The third kappa shape index (κ3) is 3.91. The van der Waals surface area contributed by atoms with Gasteiger partial charge in [0.25, 0.3) is 0 Å². The fourth-order valence-electron chi connectivity index (χ4n) is 4.68. The summed E-state index contributed by atoms with van der Waals surface area (Å²) < 4.78 is 0. The number of likely N-dealkylation sites (tertiary alicyclic amines) is 1. The number of rotatable bonds is 4. The first-order valence-electron chi connectivity index (χ1n) is 11.3. The van der Waals surface area contributed by atoms with Crippen LogP contribution >= 0.6 is 0 Å². The number of benzene rings is 3. The number of hydrogen-bond acceptors (Lipinski definition) is 5. The van der Waals surface area contributed by atoms with Crippen LogP contribution in [-0.2, 0) is 0 Å². The van der Waals surface area contributed by atoms with Crippen molar-refractivity contribution in [2.45, 2.75) is 18.9 Å². The van der Waals surface area contributed by atoms with E-state index in [0.717, 1.165) is 25.9 Å². The first kappa shape index (κ1) is 21.7. The van der Waals surface area contributed by atoms with Gasteiger partial charge in [0.15, 0.2) is 5.78 Å².